The molecule has 1 atom stereocenters. The summed E-state index contributed by atoms with van der Waals surface area (Å²) in [7, 11) is 0. The van der Waals surface area contributed by atoms with Crippen LogP contribution in [0.2, 0.25) is 5.02 Å². The Kier molecular flexibility index (Phi) is 5.35. The van der Waals surface area contributed by atoms with Gasteiger partial charge in [-0.05, 0) is 79.2 Å². The first-order valence-electron chi connectivity index (χ1n) is 12.7. The van der Waals surface area contributed by atoms with Crippen molar-refractivity contribution < 1.29 is 14.3 Å². The molecule has 2 heterocycles. The summed E-state index contributed by atoms with van der Waals surface area (Å²) >= 11 is 6.09. The highest BCUT2D eigenvalue weighted by Crippen LogP contribution is 2.57. The zero-order chi connectivity index (χ0) is 26.6. The molecule has 1 unspecified atom stereocenters. The lowest BCUT2D eigenvalue weighted by Crippen LogP contribution is -2.33. The molecule has 39 heavy (non-hydrogen) atoms. The Morgan fingerprint density at radius 3 is 2.18 bits per heavy atom. The van der Waals surface area contributed by atoms with Crippen LogP contribution in [0.15, 0.2) is 109 Å². The van der Waals surface area contributed by atoms with E-state index < -0.39 is 5.60 Å². The van der Waals surface area contributed by atoms with Crippen LogP contribution >= 0.6 is 11.6 Å². The van der Waals surface area contributed by atoms with Crippen LogP contribution in [-0.2, 0) is 10.3 Å². The quantitative estimate of drug-likeness (QED) is 0.227. The Labute approximate surface area is 231 Å². The van der Waals surface area contributed by atoms with Crippen LogP contribution < -0.4 is 15.4 Å². The van der Waals surface area contributed by atoms with Crippen LogP contribution in [0.1, 0.15) is 32.6 Å². The van der Waals surface area contributed by atoms with Gasteiger partial charge in [0.1, 0.15) is 11.5 Å². The molecule has 0 radical (unpaired) electrons. The summed E-state index contributed by atoms with van der Waals surface area (Å²) in [6.07, 6.45) is 0. The number of halogens is 1. The zero-order valence-corrected chi connectivity index (χ0v) is 21.8. The first-order chi connectivity index (χ1) is 19.0. The second-order valence-electron chi connectivity index (χ2n) is 9.72. The summed E-state index contributed by atoms with van der Waals surface area (Å²) < 4.78 is 12.9. The standard InChI is InChI=1S/C33H23ClN2O3/c1-20-17-30-28(19-29(20)36-23-13-11-21(34)12-14-23)33(26-10-6-5-9-25(26)32(37)39-33)27-16-15-24(18-31(27)38-30)35-22-7-3-2-4-8-22/h2-19,35-36H,1H3. The van der Waals surface area contributed by atoms with Crippen LogP contribution in [0, 0.1) is 6.92 Å². The maximum atomic E-state index is 13.2. The van der Waals surface area contributed by atoms with E-state index in [0.29, 0.717) is 22.1 Å². The number of nitrogens with one attached hydrogen (secondary N) is 2. The molecule has 0 saturated carbocycles. The molecule has 190 valence electrons. The Balaban J connectivity index is 1.40. The van der Waals surface area contributed by atoms with E-state index in [1.807, 2.05) is 116 Å². The predicted octanol–water partition coefficient (Wildman–Crippen LogP) is 8.70. The van der Waals surface area contributed by atoms with E-state index in [1.165, 1.54) is 0 Å². The number of hydrogen-bond donors (Lipinski definition) is 2. The molecule has 0 fully saturated rings. The Morgan fingerprint density at radius 2 is 1.36 bits per heavy atom. The van der Waals surface area contributed by atoms with Crippen molar-refractivity contribution in [3.05, 3.63) is 142 Å². The van der Waals surface area contributed by atoms with Gasteiger partial charge in [0.15, 0.2) is 5.60 Å². The first-order valence-corrected chi connectivity index (χ1v) is 13.0. The Bertz CT molecular complexity index is 1750. The largest absolute Gasteiger partial charge is 0.456 e. The van der Waals surface area contributed by atoms with E-state index in [0.717, 1.165) is 45.0 Å². The van der Waals surface area contributed by atoms with E-state index in [-0.39, 0.29) is 5.97 Å². The number of para-hydroxylation sites is 1. The summed E-state index contributed by atoms with van der Waals surface area (Å²) in [6, 6.07) is 35.0. The number of carbonyl (C=O) groups is 1. The first kappa shape index (κ1) is 23.4. The highest BCUT2D eigenvalue weighted by Gasteiger charge is 2.53. The van der Waals surface area contributed by atoms with Crippen molar-refractivity contribution in [1.82, 2.24) is 0 Å². The summed E-state index contributed by atoms with van der Waals surface area (Å²) in [6.45, 7) is 2.02. The number of anilines is 4. The van der Waals surface area contributed by atoms with Crippen LogP contribution in [0.3, 0.4) is 0 Å². The van der Waals surface area contributed by atoms with Gasteiger partial charge in [0.25, 0.3) is 0 Å². The number of rotatable bonds is 4. The fourth-order valence-electron chi connectivity index (χ4n) is 5.41. The van der Waals surface area contributed by atoms with Gasteiger partial charge in [0.2, 0.25) is 0 Å². The summed E-state index contributed by atoms with van der Waals surface area (Å²) in [5.41, 5.74) is 6.33. The van der Waals surface area contributed by atoms with Gasteiger partial charge in [-0.2, -0.15) is 0 Å². The number of aryl methyl sites for hydroxylation is 1. The smallest absolute Gasteiger partial charge is 0.340 e. The minimum atomic E-state index is -1.15. The van der Waals surface area contributed by atoms with E-state index in [1.54, 1.807) is 0 Å². The third-order valence-corrected chi connectivity index (χ3v) is 7.50. The molecular weight excluding hydrogens is 508 g/mol. The van der Waals surface area contributed by atoms with Crippen molar-refractivity contribution in [3.63, 3.8) is 0 Å². The maximum Gasteiger partial charge on any atom is 0.340 e. The van der Waals surface area contributed by atoms with Gasteiger partial charge in [-0.1, -0.05) is 48.0 Å². The molecule has 5 nitrogen and oxygen atoms in total. The number of esters is 1. The second-order valence-corrected chi connectivity index (χ2v) is 10.2. The lowest BCUT2D eigenvalue weighted by Gasteiger charge is -2.37. The maximum absolute atomic E-state index is 13.2. The minimum Gasteiger partial charge on any atom is -0.456 e. The molecule has 0 aromatic heterocycles. The molecule has 2 aliphatic heterocycles. The van der Waals surface area contributed by atoms with E-state index in [2.05, 4.69) is 10.6 Å². The van der Waals surface area contributed by atoms with Gasteiger partial charge in [-0.3, -0.25) is 0 Å². The topological polar surface area (TPSA) is 59.6 Å². The fourth-order valence-corrected chi connectivity index (χ4v) is 5.53. The van der Waals surface area contributed by atoms with Crippen molar-refractivity contribution >= 4 is 40.3 Å². The van der Waals surface area contributed by atoms with Crippen molar-refractivity contribution in [2.75, 3.05) is 10.6 Å². The fraction of sp³-hybridized carbons (Fsp3) is 0.0606. The third-order valence-electron chi connectivity index (χ3n) is 7.24. The molecule has 2 N–H and O–H groups in total. The normalized spacial score (nSPS) is 16.5. The molecule has 7 rings (SSSR count). The Hall–Kier alpha value is -4.74. The van der Waals surface area contributed by atoms with Gasteiger partial charge in [0.05, 0.1) is 5.56 Å². The molecule has 0 bridgehead atoms. The highest BCUT2D eigenvalue weighted by atomic mass is 35.5. The number of benzene rings is 5. The highest BCUT2D eigenvalue weighted by molar-refractivity contribution is 6.30. The van der Waals surface area contributed by atoms with Crippen molar-refractivity contribution in [1.29, 1.82) is 0 Å². The molecular formula is C33H23ClN2O3. The number of hydrogen-bond acceptors (Lipinski definition) is 5. The number of fused-ring (bicyclic) bond motifs is 6. The molecule has 6 heteroatoms. The molecule has 5 aromatic rings. The van der Waals surface area contributed by atoms with Gasteiger partial charge in [0, 0.05) is 50.5 Å². The summed E-state index contributed by atoms with van der Waals surface area (Å²) in [5.74, 6) is 0.914. The van der Waals surface area contributed by atoms with E-state index in [4.69, 9.17) is 21.1 Å². The van der Waals surface area contributed by atoms with E-state index in [9.17, 15) is 4.79 Å². The molecule has 0 amide bonds. The Morgan fingerprint density at radius 1 is 0.667 bits per heavy atom. The van der Waals surface area contributed by atoms with Crippen molar-refractivity contribution in [2.45, 2.75) is 12.5 Å². The molecule has 2 aliphatic rings. The molecule has 0 aliphatic carbocycles. The summed E-state index contributed by atoms with van der Waals surface area (Å²) in [5, 5.41) is 7.59. The molecule has 1 spiro atoms. The van der Waals surface area contributed by atoms with Crippen LogP contribution in [0.4, 0.5) is 22.7 Å². The SMILES string of the molecule is Cc1cc2c(cc1Nc1ccc(Cl)cc1)C1(OC(=O)c3ccccc31)c1ccc(Nc3ccccc3)cc1O2. The average Bonchev–Trinajstić information content (AvgIpc) is 3.24. The minimum absolute atomic E-state index is 0.358. The lowest BCUT2D eigenvalue weighted by atomic mass is 9.77. The van der Waals surface area contributed by atoms with Crippen molar-refractivity contribution in [2.24, 2.45) is 0 Å². The van der Waals surface area contributed by atoms with Gasteiger partial charge < -0.3 is 20.1 Å². The molecule has 0 saturated heterocycles. The monoisotopic (exact) mass is 530 g/mol. The van der Waals surface area contributed by atoms with Crippen molar-refractivity contribution in [3.8, 4) is 11.5 Å². The predicted molar refractivity (Wildman–Crippen MR) is 154 cm³/mol. The van der Waals surface area contributed by atoms with Gasteiger partial charge in [-0.15, -0.1) is 0 Å². The third kappa shape index (κ3) is 3.82. The second kappa shape index (κ2) is 8.93. The van der Waals surface area contributed by atoms with E-state index >= 15 is 0 Å². The number of carbonyl (C=O) groups excluding carboxylic acids is 1. The zero-order valence-electron chi connectivity index (χ0n) is 21.0. The van der Waals surface area contributed by atoms with Gasteiger partial charge in [-0.25, -0.2) is 4.79 Å². The van der Waals surface area contributed by atoms with Crippen LogP contribution in [0.25, 0.3) is 0 Å². The summed E-state index contributed by atoms with van der Waals surface area (Å²) in [4.78, 5) is 13.2. The average molecular weight is 531 g/mol. The van der Waals surface area contributed by atoms with Gasteiger partial charge >= 0.3 is 5.97 Å². The van der Waals surface area contributed by atoms with Crippen LogP contribution in [-0.4, -0.2) is 5.97 Å². The lowest BCUT2D eigenvalue weighted by molar-refractivity contribution is 0.0224. The number of ether oxygens (including phenoxy) is 2. The molecule has 5 aromatic carbocycles. The van der Waals surface area contributed by atoms with Crippen LogP contribution in [0.5, 0.6) is 11.5 Å².